The van der Waals surface area contributed by atoms with Gasteiger partial charge in [-0.1, -0.05) is 0 Å². The van der Waals surface area contributed by atoms with E-state index in [1.165, 1.54) is 0 Å². The molecule has 0 saturated carbocycles. The van der Waals surface area contributed by atoms with Crippen LogP contribution >= 0.6 is 11.3 Å². The summed E-state index contributed by atoms with van der Waals surface area (Å²) in [7, 11) is 3.68. The van der Waals surface area contributed by atoms with Crippen molar-refractivity contribution in [2.24, 2.45) is 0 Å². The molecule has 6 heteroatoms. The topological polar surface area (TPSA) is 51.1 Å². The molecule has 120 valence electrons. The Balaban J connectivity index is 1.92. The highest BCUT2D eigenvalue weighted by Crippen LogP contribution is 2.36. The van der Waals surface area contributed by atoms with Gasteiger partial charge in [0.2, 0.25) is 0 Å². The van der Waals surface area contributed by atoms with Crippen LogP contribution in [0.15, 0.2) is 42.7 Å². The second-order valence-corrected chi connectivity index (χ2v) is 6.70. The Bertz CT molecular complexity index is 1030. The van der Waals surface area contributed by atoms with E-state index in [4.69, 9.17) is 4.74 Å². The Hall–Kier alpha value is -2.73. The molecule has 24 heavy (non-hydrogen) atoms. The van der Waals surface area contributed by atoms with Gasteiger partial charge in [0.25, 0.3) is 0 Å². The summed E-state index contributed by atoms with van der Waals surface area (Å²) in [6.07, 6.45) is 1.61. The van der Waals surface area contributed by atoms with Crippen molar-refractivity contribution in [3.8, 4) is 5.75 Å². The van der Waals surface area contributed by atoms with Crippen LogP contribution in [0.5, 0.6) is 5.75 Å². The number of fused-ring (bicyclic) bond motifs is 3. The zero-order valence-corrected chi connectivity index (χ0v) is 14.5. The maximum atomic E-state index is 5.23. The zero-order chi connectivity index (χ0) is 16.7. The SMILES string of the molecule is COc1ccc(N(C)c2ncnc3ccc4nc(C)sc4c23)cc1. The monoisotopic (exact) mass is 336 g/mol. The second-order valence-electron chi connectivity index (χ2n) is 5.50. The van der Waals surface area contributed by atoms with Gasteiger partial charge in [0.15, 0.2) is 0 Å². The van der Waals surface area contributed by atoms with E-state index >= 15 is 0 Å². The Morgan fingerprint density at radius 3 is 2.50 bits per heavy atom. The maximum Gasteiger partial charge on any atom is 0.145 e. The molecule has 0 N–H and O–H groups in total. The van der Waals surface area contributed by atoms with Crippen LogP contribution in [-0.2, 0) is 0 Å². The number of benzene rings is 2. The van der Waals surface area contributed by atoms with E-state index < -0.39 is 0 Å². The van der Waals surface area contributed by atoms with Crippen molar-refractivity contribution in [2.45, 2.75) is 6.92 Å². The molecule has 0 saturated heterocycles. The van der Waals surface area contributed by atoms with Crippen LogP contribution in [-0.4, -0.2) is 29.1 Å². The number of hydrogen-bond acceptors (Lipinski definition) is 6. The highest BCUT2D eigenvalue weighted by atomic mass is 32.1. The summed E-state index contributed by atoms with van der Waals surface area (Å²) in [5.41, 5.74) is 2.95. The highest BCUT2D eigenvalue weighted by Gasteiger charge is 2.15. The van der Waals surface area contributed by atoms with Crippen LogP contribution in [0.25, 0.3) is 21.1 Å². The van der Waals surface area contributed by atoms with Crippen molar-refractivity contribution in [1.82, 2.24) is 15.0 Å². The molecule has 0 aliphatic rings. The standard InChI is InChI=1S/C18H16N4OS/c1-11-21-15-9-8-14-16(17(15)24-11)18(20-10-19-14)22(2)12-4-6-13(23-3)7-5-12/h4-10H,1-3H3. The summed E-state index contributed by atoms with van der Waals surface area (Å²) in [6.45, 7) is 2.02. The summed E-state index contributed by atoms with van der Waals surface area (Å²) in [5.74, 6) is 1.71. The number of rotatable bonds is 3. The van der Waals surface area contributed by atoms with Crippen LogP contribution in [0, 0.1) is 6.92 Å². The van der Waals surface area contributed by atoms with Crippen LogP contribution < -0.4 is 9.64 Å². The summed E-state index contributed by atoms with van der Waals surface area (Å²) in [5, 5.41) is 2.08. The van der Waals surface area contributed by atoms with Gasteiger partial charge in [0.05, 0.1) is 33.2 Å². The lowest BCUT2D eigenvalue weighted by Gasteiger charge is -2.20. The molecule has 0 amide bonds. The number of methoxy groups -OCH3 is 1. The zero-order valence-electron chi connectivity index (χ0n) is 13.6. The van der Waals surface area contributed by atoms with Crippen LogP contribution in [0.1, 0.15) is 5.01 Å². The summed E-state index contributed by atoms with van der Waals surface area (Å²) in [4.78, 5) is 15.6. The van der Waals surface area contributed by atoms with Crippen LogP contribution in [0.4, 0.5) is 11.5 Å². The number of hydrogen-bond donors (Lipinski definition) is 0. The first-order valence-corrected chi connectivity index (χ1v) is 8.37. The van der Waals surface area contributed by atoms with E-state index in [0.29, 0.717) is 0 Å². The third kappa shape index (κ3) is 2.35. The molecular formula is C18H16N4OS. The van der Waals surface area contributed by atoms with Gasteiger partial charge in [0, 0.05) is 12.7 Å². The van der Waals surface area contributed by atoms with E-state index in [1.54, 1.807) is 24.8 Å². The fourth-order valence-corrected chi connectivity index (χ4v) is 3.76. The Morgan fingerprint density at radius 1 is 1.00 bits per heavy atom. The average molecular weight is 336 g/mol. The molecule has 5 nitrogen and oxygen atoms in total. The predicted molar refractivity (Wildman–Crippen MR) is 98.5 cm³/mol. The van der Waals surface area contributed by atoms with Crippen molar-refractivity contribution in [2.75, 3.05) is 19.1 Å². The number of ether oxygens (including phenoxy) is 1. The molecule has 0 aliphatic carbocycles. The molecule has 0 spiro atoms. The first-order valence-electron chi connectivity index (χ1n) is 7.56. The molecule has 0 atom stereocenters. The average Bonchev–Trinajstić information content (AvgIpc) is 3.01. The van der Waals surface area contributed by atoms with Gasteiger partial charge in [-0.2, -0.15) is 0 Å². The largest absolute Gasteiger partial charge is 0.497 e. The maximum absolute atomic E-state index is 5.23. The number of aromatic nitrogens is 3. The smallest absolute Gasteiger partial charge is 0.145 e. The molecule has 0 aliphatic heterocycles. The minimum atomic E-state index is 0.833. The van der Waals surface area contributed by atoms with Crippen molar-refractivity contribution < 1.29 is 4.74 Å². The molecule has 0 radical (unpaired) electrons. The van der Waals surface area contributed by atoms with E-state index in [2.05, 4.69) is 19.9 Å². The van der Waals surface area contributed by atoms with Crippen LogP contribution in [0.3, 0.4) is 0 Å². The lowest BCUT2D eigenvalue weighted by molar-refractivity contribution is 0.415. The molecule has 0 bridgehead atoms. The van der Waals surface area contributed by atoms with Gasteiger partial charge in [-0.3, -0.25) is 0 Å². The molecular weight excluding hydrogens is 320 g/mol. The summed E-state index contributed by atoms with van der Waals surface area (Å²) in [6, 6.07) is 12.0. The molecule has 4 rings (SSSR count). The number of anilines is 2. The third-order valence-electron chi connectivity index (χ3n) is 4.02. The van der Waals surface area contributed by atoms with Gasteiger partial charge in [-0.05, 0) is 43.3 Å². The molecule has 4 aromatic rings. The first-order chi connectivity index (χ1) is 11.7. The predicted octanol–water partition coefficient (Wildman–Crippen LogP) is 4.32. The van der Waals surface area contributed by atoms with Crippen molar-refractivity contribution in [1.29, 1.82) is 0 Å². The van der Waals surface area contributed by atoms with Gasteiger partial charge >= 0.3 is 0 Å². The minimum absolute atomic E-state index is 0.833. The van der Waals surface area contributed by atoms with Crippen molar-refractivity contribution in [3.63, 3.8) is 0 Å². The van der Waals surface area contributed by atoms with E-state index in [1.807, 2.05) is 50.4 Å². The fourth-order valence-electron chi connectivity index (χ4n) is 2.81. The van der Waals surface area contributed by atoms with E-state index in [0.717, 1.165) is 43.4 Å². The van der Waals surface area contributed by atoms with Crippen LogP contribution in [0.2, 0.25) is 0 Å². The highest BCUT2D eigenvalue weighted by molar-refractivity contribution is 7.19. The molecule has 0 unspecified atom stereocenters. The lowest BCUT2D eigenvalue weighted by atomic mass is 10.2. The van der Waals surface area contributed by atoms with Crippen molar-refractivity contribution in [3.05, 3.63) is 47.7 Å². The minimum Gasteiger partial charge on any atom is -0.497 e. The Labute approximate surface area is 143 Å². The normalized spacial score (nSPS) is 11.1. The van der Waals surface area contributed by atoms with Gasteiger partial charge in [-0.25, -0.2) is 15.0 Å². The number of thiazole rings is 1. The fraction of sp³-hybridized carbons (Fsp3) is 0.167. The van der Waals surface area contributed by atoms with Crippen molar-refractivity contribution >= 4 is 44.0 Å². The molecule has 2 aromatic carbocycles. The summed E-state index contributed by atoms with van der Waals surface area (Å²) < 4.78 is 6.36. The Morgan fingerprint density at radius 2 is 1.75 bits per heavy atom. The van der Waals surface area contributed by atoms with E-state index in [9.17, 15) is 0 Å². The lowest BCUT2D eigenvalue weighted by Crippen LogP contribution is -2.12. The first kappa shape index (κ1) is 14.8. The van der Waals surface area contributed by atoms with Gasteiger partial charge in [-0.15, -0.1) is 11.3 Å². The Kier molecular flexibility index (Phi) is 3.54. The molecule has 2 aromatic heterocycles. The quantitative estimate of drug-likeness (QED) is 0.557. The third-order valence-corrected chi connectivity index (χ3v) is 5.02. The summed E-state index contributed by atoms with van der Waals surface area (Å²) >= 11 is 1.68. The second kappa shape index (κ2) is 5.72. The molecule has 0 fully saturated rings. The number of nitrogens with zero attached hydrogens (tertiary/aromatic N) is 4. The molecule has 2 heterocycles. The van der Waals surface area contributed by atoms with Gasteiger partial charge in [0.1, 0.15) is 17.9 Å². The van der Waals surface area contributed by atoms with E-state index in [-0.39, 0.29) is 0 Å². The van der Waals surface area contributed by atoms with Gasteiger partial charge < -0.3 is 9.64 Å². The number of aryl methyl sites for hydroxylation is 1.